The summed E-state index contributed by atoms with van der Waals surface area (Å²) in [6.45, 7) is 0. The number of nitrogens with zero attached hydrogens (tertiary/aromatic N) is 2. The van der Waals surface area contributed by atoms with Crippen molar-refractivity contribution >= 4 is 12.0 Å². The van der Waals surface area contributed by atoms with Crippen LogP contribution in [0.4, 0.5) is 17.6 Å². The van der Waals surface area contributed by atoms with Crippen molar-refractivity contribution < 1.29 is 27.5 Å². The van der Waals surface area contributed by atoms with Gasteiger partial charge in [0, 0.05) is 17.8 Å². The van der Waals surface area contributed by atoms with E-state index in [2.05, 4.69) is 5.10 Å². The first-order chi connectivity index (χ1) is 9.77. The van der Waals surface area contributed by atoms with Crippen molar-refractivity contribution in [1.82, 2.24) is 9.78 Å². The van der Waals surface area contributed by atoms with Gasteiger partial charge >= 0.3 is 12.1 Å². The standard InChI is InChI=1S/C13H8F4N2O2/c14-10-2-3-11(8(5-10)1-4-12(20)21)19-7-9(6-18-19)13(15,16)17/h1-7H,(H,20,21). The van der Waals surface area contributed by atoms with Gasteiger partial charge in [0.1, 0.15) is 5.82 Å². The highest BCUT2D eigenvalue weighted by Crippen LogP contribution is 2.29. The number of halogens is 4. The Hall–Kier alpha value is -2.64. The summed E-state index contributed by atoms with van der Waals surface area (Å²) in [4.78, 5) is 10.5. The van der Waals surface area contributed by atoms with Crippen molar-refractivity contribution in [2.24, 2.45) is 0 Å². The third kappa shape index (κ3) is 3.47. The Morgan fingerprint density at radius 1 is 1.33 bits per heavy atom. The maximum absolute atomic E-state index is 13.2. The summed E-state index contributed by atoms with van der Waals surface area (Å²) in [5.74, 6) is -1.91. The molecule has 1 heterocycles. The molecule has 8 heteroatoms. The van der Waals surface area contributed by atoms with Gasteiger partial charge in [0.2, 0.25) is 0 Å². The van der Waals surface area contributed by atoms with Crippen molar-refractivity contribution in [3.05, 3.63) is 53.6 Å². The second-order valence-corrected chi connectivity index (χ2v) is 4.05. The molecule has 0 saturated heterocycles. The van der Waals surface area contributed by atoms with Crippen LogP contribution in [0.15, 0.2) is 36.7 Å². The minimum atomic E-state index is -4.55. The zero-order valence-corrected chi connectivity index (χ0v) is 10.3. The van der Waals surface area contributed by atoms with Gasteiger partial charge in [-0.3, -0.25) is 0 Å². The molecule has 0 atom stereocenters. The third-order valence-electron chi connectivity index (χ3n) is 2.55. The molecule has 1 aromatic carbocycles. The van der Waals surface area contributed by atoms with Gasteiger partial charge < -0.3 is 5.11 Å². The lowest BCUT2D eigenvalue weighted by Gasteiger charge is -2.06. The summed E-state index contributed by atoms with van der Waals surface area (Å²) in [6.07, 6.45) is -1.34. The molecule has 1 N–H and O–H groups in total. The van der Waals surface area contributed by atoms with Gasteiger partial charge in [-0.2, -0.15) is 18.3 Å². The number of benzene rings is 1. The molecule has 2 aromatic rings. The van der Waals surface area contributed by atoms with Crippen LogP contribution in [0.2, 0.25) is 0 Å². The average molecular weight is 300 g/mol. The molecule has 2 rings (SSSR count). The van der Waals surface area contributed by atoms with E-state index in [4.69, 9.17) is 5.11 Å². The second-order valence-electron chi connectivity index (χ2n) is 4.05. The summed E-state index contributed by atoms with van der Waals surface area (Å²) >= 11 is 0. The van der Waals surface area contributed by atoms with Gasteiger partial charge in [0.05, 0.1) is 17.4 Å². The van der Waals surface area contributed by atoms with E-state index in [-0.39, 0.29) is 11.3 Å². The molecule has 0 saturated carbocycles. The molecule has 4 nitrogen and oxygen atoms in total. The van der Waals surface area contributed by atoms with E-state index in [0.29, 0.717) is 6.20 Å². The second kappa shape index (κ2) is 5.39. The highest BCUT2D eigenvalue weighted by molar-refractivity contribution is 5.86. The van der Waals surface area contributed by atoms with Crippen LogP contribution in [0.5, 0.6) is 0 Å². The van der Waals surface area contributed by atoms with E-state index in [1.807, 2.05) is 0 Å². The number of rotatable bonds is 3. The first kappa shape index (κ1) is 14.8. The van der Waals surface area contributed by atoms with Crippen LogP contribution < -0.4 is 0 Å². The molecule has 0 amide bonds. The smallest absolute Gasteiger partial charge is 0.419 e. The summed E-state index contributed by atoms with van der Waals surface area (Å²) < 4.78 is 51.7. The van der Waals surface area contributed by atoms with Gasteiger partial charge in [-0.15, -0.1) is 0 Å². The van der Waals surface area contributed by atoms with Crippen molar-refractivity contribution in [2.45, 2.75) is 6.18 Å². The topological polar surface area (TPSA) is 55.1 Å². The fourth-order valence-corrected chi connectivity index (χ4v) is 1.63. The van der Waals surface area contributed by atoms with Crippen LogP contribution in [0.3, 0.4) is 0 Å². The predicted molar refractivity (Wildman–Crippen MR) is 65.2 cm³/mol. The predicted octanol–water partition coefficient (Wildman–Crippen LogP) is 3.13. The number of hydrogen-bond donors (Lipinski definition) is 1. The Morgan fingerprint density at radius 3 is 2.62 bits per heavy atom. The van der Waals surface area contributed by atoms with Crippen LogP contribution in [0.25, 0.3) is 11.8 Å². The maximum atomic E-state index is 13.2. The van der Waals surface area contributed by atoms with Gasteiger partial charge in [0.15, 0.2) is 0 Å². The number of carboxylic acid groups (broad SMARTS) is 1. The summed E-state index contributed by atoms with van der Waals surface area (Å²) in [5, 5.41) is 12.1. The number of aliphatic carboxylic acids is 1. The molecule has 21 heavy (non-hydrogen) atoms. The highest BCUT2D eigenvalue weighted by atomic mass is 19.4. The number of hydrogen-bond acceptors (Lipinski definition) is 2. The zero-order chi connectivity index (χ0) is 15.6. The quantitative estimate of drug-likeness (QED) is 0.700. The minimum Gasteiger partial charge on any atom is -0.478 e. The van der Waals surface area contributed by atoms with Crippen molar-refractivity contribution in [3.63, 3.8) is 0 Å². The fourth-order valence-electron chi connectivity index (χ4n) is 1.63. The van der Waals surface area contributed by atoms with Gasteiger partial charge in [-0.25, -0.2) is 13.9 Å². The molecular weight excluding hydrogens is 292 g/mol. The molecule has 1 aromatic heterocycles. The van der Waals surface area contributed by atoms with Crippen LogP contribution >= 0.6 is 0 Å². The highest BCUT2D eigenvalue weighted by Gasteiger charge is 2.32. The van der Waals surface area contributed by atoms with Crippen molar-refractivity contribution in [1.29, 1.82) is 0 Å². The van der Waals surface area contributed by atoms with E-state index in [0.717, 1.165) is 35.2 Å². The van der Waals surface area contributed by atoms with Crippen LogP contribution in [-0.2, 0) is 11.0 Å². The molecule has 0 bridgehead atoms. The van der Waals surface area contributed by atoms with E-state index >= 15 is 0 Å². The maximum Gasteiger partial charge on any atom is 0.419 e. The van der Waals surface area contributed by atoms with E-state index < -0.39 is 23.5 Å². The SMILES string of the molecule is O=C(O)C=Cc1cc(F)ccc1-n1cc(C(F)(F)F)cn1. The Kier molecular flexibility index (Phi) is 3.79. The molecular formula is C13H8F4N2O2. The fraction of sp³-hybridized carbons (Fsp3) is 0.0769. The monoisotopic (exact) mass is 300 g/mol. The number of alkyl halides is 3. The zero-order valence-electron chi connectivity index (χ0n) is 10.3. The lowest BCUT2D eigenvalue weighted by atomic mass is 10.1. The Morgan fingerprint density at radius 2 is 2.05 bits per heavy atom. The summed E-state index contributed by atoms with van der Waals surface area (Å²) in [6, 6.07) is 3.26. The lowest BCUT2D eigenvalue weighted by molar-refractivity contribution is -0.137. The van der Waals surface area contributed by atoms with Crippen LogP contribution in [-0.4, -0.2) is 20.9 Å². The van der Waals surface area contributed by atoms with Gasteiger partial charge in [-0.1, -0.05) is 0 Å². The molecule has 0 aliphatic heterocycles. The third-order valence-corrected chi connectivity index (χ3v) is 2.55. The summed E-state index contributed by atoms with van der Waals surface area (Å²) in [7, 11) is 0. The molecule has 110 valence electrons. The van der Waals surface area contributed by atoms with Crippen LogP contribution in [0.1, 0.15) is 11.1 Å². The van der Waals surface area contributed by atoms with E-state index in [9.17, 15) is 22.4 Å². The van der Waals surface area contributed by atoms with Gasteiger partial charge in [0.25, 0.3) is 0 Å². The van der Waals surface area contributed by atoms with Crippen molar-refractivity contribution in [2.75, 3.05) is 0 Å². The van der Waals surface area contributed by atoms with Gasteiger partial charge in [-0.05, 0) is 24.3 Å². The summed E-state index contributed by atoms with van der Waals surface area (Å²) in [5.41, 5.74) is -0.737. The van der Waals surface area contributed by atoms with E-state index in [1.54, 1.807) is 0 Å². The largest absolute Gasteiger partial charge is 0.478 e. The Bertz CT molecular complexity index is 704. The number of carbonyl (C=O) groups is 1. The molecule has 0 unspecified atom stereocenters. The average Bonchev–Trinajstić information content (AvgIpc) is 2.85. The Labute approximate surface area is 115 Å². The minimum absolute atomic E-state index is 0.0919. The van der Waals surface area contributed by atoms with Crippen LogP contribution in [0, 0.1) is 5.82 Å². The molecule has 0 radical (unpaired) electrons. The normalized spacial score (nSPS) is 12.0. The Balaban J connectivity index is 2.48. The molecule has 0 spiro atoms. The first-order valence-electron chi connectivity index (χ1n) is 5.60. The molecule has 0 aliphatic carbocycles. The van der Waals surface area contributed by atoms with E-state index in [1.165, 1.54) is 6.07 Å². The molecule has 0 fully saturated rings. The molecule has 0 aliphatic rings. The number of aromatic nitrogens is 2. The van der Waals surface area contributed by atoms with Crippen molar-refractivity contribution in [3.8, 4) is 5.69 Å². The number of carboxylic acids is 1. The lowest BCUT2D eigenvalue weighted by Crippen LogP contribution is -2.03. The first-order valence-corrected chi connectivity index (χ1v) is 5.60.